The Labute approximate surface area is 147 Å². The van der Waals surface area contributed by atoms with Crippen molar-refractivity contribution in [2.24, 2.45) is 0 Å². The van der Waals surface area contributed by atoms with Gasteiger partial charge in [0.15, 0.2) is 5.82 Å². The summed E-state index contributed by atoms with van der Waals surface area (Å²) >= 11 is 9.24. The maximum atomic E-state index is 14.3. The van der Waals surface area contributed by atoms with Gasteiger partial charge < -0.3 is 4.74 Å². The predicted octanol–water partition coefficient (Wildman–Crippen LogP) is 6.75. The Bertz CT molecular complexity index is 636. The first-order valence-corrected chi connectivity index (χ1v) is 10.0. The molecule has 2 rings (SSSR count). The van der Waals surface area contributed by atoms with Gasteiger partial charge in [-0.25, -0.2) is 9.18 Å². The third-order valence-corrected chi connectivity index (χ3v) is 7.16. The molecule has 0 radical (unpaired) electrons. The van der Waals surface area contributed by atoms with E-state index in [2.05, 4.69) is 38.8 Å². The standard InChI is InChI=1S/C14H15Br2FO2S2/c1-2-3-4-5-6-7-19-14(18)11-9(17)8-10(20-11)13(16)21-12(8)15/h2-7H2,1H3. The van der Waals surface area contributed by atoms with Crippen molar-refractivity contribution in [2.45, 2.75) is 39.0 Å². The zero-order valence-electron chi connectivity index (χ0n) is 11.5. The van der Waals surface area contributed by atoms with E-state index in [9.17, 15) is 9.18 Å². The Morgan fingerprint density at radius 3 is 2.52 bits per heavy atom. The molecule has 0 amide bonds. The quantitative estimate of drug-likeness (QED) is 0.339. The van der Waals surface area contributed by atoms with Crippen molar-refractivity contribution < 1.29 is 13.9 Å². The van der Waals surface area contributed by atoms with Gasteiger partial charge in [0.1, 0.15) is 4.88 Å². The molecule has 0 spiro atoms. The van der Waals surface area contributed by atoms with Crippen LogP contribution in [-0.2, 0) is 4.74 Å². The smallest absolute Gasteiger partial charge is 0.351 e. The fourth-order valence-corrected chi connectivity index (χ4v) is 6.41. The topological polar surface area (TPSA) is 26.3 Å². The van der Waals surface area contributed by atoms with Gasteiger partial charge in [0, 0.05) is 0 Å². The van der Waals surface area contributed by atoms with Crippen molar-refractivity contribution in [3.63, 3.8) is 0 Å². The van der Waals surface area contributed by atoms with Gasteiger partial charge in [0.25, 0.3) is 0 Å². The number of unbranched alkanes of at least 4 members (excludes halogenated alkanes) is 4. The van der Waals surface area contributed by atoms with Crippen LogP contribution < -0.4 is 0 Å². The highest BCUT2D eigenvalue weighted by Crippen LogP contribution is 2.45. The maximum absolute atomic E-state index is 14.3. The van der Waals surface area contributed by atoms with Crippen molar-refractivity contribution in [3.8, 4) is 0 Å². The van der Waals surface area contributed by atoms with E-state index in [4.69, 9.17) is 4.74 Å². The van der Waals surface area contributed by atoms with Crippen molar-refractivity contribution in [3.05, 3.63) is 18.3 Å². The second-order valence-electron chi connectivity index (χ2n) is 4.65. The lowest BCUT2D eigenvalue weighted by atomic mass is 10.2. The Morgan fingerprint density at radius 2 is 1.86 bits per heavy atom. The van der Waals surface area contributed by atoms with E-state index in [1.54, 1.807) is 0 Å². The van der Waals surface area contributed by atoms with Crippen LogP contribution in [-0.4, -0.2) is 12.6 Å². The van der Waals surface area contributed by atoms with E-state index in [0.29, 0.717) is 15.8 Å². The van der Waals surface area contributed by atoms with Crippen LogP contribution in [0.1, 0.15) is 48.7 Å². The Morgan fingerprint density at radius 1 is 1.14 bits per heavy atom. The van der Waals surface area contributed by atoms with Gasteiger partial charge in [0.2, 0.25) is 0 Å². The second kappa shape index (κ2) is 8.04. The molecular formula is C14H15Br2FO2S2. The molecule has 116 valence electrons. The molecular weight excluding hydrogens is 443 g/mol. The first-order chi connectivity index (χ1) is 10.1. The number of hydrogen-bond donors (Lipinski definition) is 0. The molecule has 2 aromatic rings. The number of carbonyl (C=O) groups is 1. The predicted molar refractivity (Wildman–Crippen MR) is 94.1 cm³/mol. The lowest BCUT2D eigenvalue weighted by molar-refractivity contribution is 0.0499. The number of esters is 1. The summed E-state index contributed by atoms with van der Waals surface area (Å²) in [6.45, 7) is 2.51. The zero-order chi connectivity index (χ0) is 15.4. The number of halogens is 3. The lowest BCUT2D eigenvalue weighted by Crippen LogP contribution is -2.06. The number of thiophene rings is 2. The van der Waals surface area contributed by atoms with Crippen molar-refractivity contribution >= 4 is 70.6 Å². The minimum atomic E-state index is -0.562. The summed E-state index contributed by atoms with van der Waals surface area (Å²) in [4.78, 5) is 12.0. The van der Waals surface area contributed by atoms with E-state index in [0.717, 1.165) is 39.1 Å². The molecule has 0 saturated carbocycles. The van der Waals surface area contributed by atoms with Crippen LogP contribution in [0.2, 0.25) is 0 Å². The Hall–Kier alpha value is 0.0200. The van der Waals surface area contributed by atoms with Crippen LogP contribution in [0.3, 0.4) is 0 Å². The van der Waals surface area contributed by atoms with Crippen LogP contribution in [0.5, 0.6) is 0 Å². The number of carbonyl (C=O) groups excluding carboxylic acids is 1. The van der Waals surface area contributed by atoms with Crippen LogP contribution in [0.15, 0.2) is 7.57 Å². The minimum Gasteiger partial charge on any atom is -0.461 e. The van der Waals surface area contributed by atoms with Crippen molar-refractivity contribution in [1.82, 2.24) is 0 Å². The van der Waals surface area contributed by atoms with Crippen LogP contribution in [0, 0.1) is 5.82 Å². The van der Waals surface area contributed by atoms with E-state index < -0.39 is 11.8 Å². The van der Waals surface area contributed by atoms with Gasteiger partial charge in [-0.05, 0) is 38.3 Å². The summed E-state index contributed by atoms with van der Waals surface area (Å²) in [5.74, 6) is -1.05. The molecule has 0 aromatic carbocycles. The first kappa shape index (κ1) is 17.4. The molecule has 2 nitrogen and oxygen atoms in total. The third kappa shape index (κ3) is 4.06. The summed E-state index contributed by atoms with van der Waals surface area (Å²) in [6, 6.07) is 0. The van der Waals surface area contributed by atoms with Gasteiger partial charge in [-0.1, -0.05) is 32.6 Å². The number of ether oxygens (including phenoxy) is 1. The normalized spacial score (nSPS) is 11.2. The van der Waals surface area contributed by atoms with Gasteiger partial charge in [-0.15, -0.1) is 22.7 Å². The van der Waals surface area contributed by atoms with Crippen LogP contribution >= 0.6 is 54.5 Å². The molecule has 0 fully saturated rings. The minimum absolute atomic E-state index is 0.0581. The second-order valence-corrected chi connectivity index (χ2v) is 9.33. The van der Waals surface area contributed by atoms with E-state index in [1.165, 1.54) is 24.2 Å². The fraction of sp³-hybridized carbons (Fsp3) is 0.500. The van der Waals surface area contributed by atoms with Crippen molar-refractivity contribution in [1.29, 1.82) is 0 Å². The lowest BCUT2D eigenvalue weighted by Gasteiger charge is -2.03. The van der Waals surface area contributed by atoms with Gasteiger partial charge in [0.05, 0.1) is 24.3 Å². The molecule has 2 heterocycles. The average molecular weight is 458 g/mol. The summed E-state index contributed by atoms with van der Waals surface area (Å²) in [5.41, 5.74) is 0. The molecule has 21 heavy (non-hydrogen) atoms. The zero-order valence-corrected chi connectivity index (χ0v) is 16.3. The summed E-state index contributed by atoms with van der Waals surface area (Å²) < 4.78 is 21.7. The van der Waals surface area contributed by atoms with E-state index >= 15 is 0 Å². The van der Waals surface area contributed by atoms with E-state index in [-0.39, 0.29) is 4.88 Å². The molecule has 0 saturated heterocycles. The fourth-order valence-electron chi connectivity index (χ4n) is 1.97. The molecule has 0 aliphatic heterocycles. The first-order valence-electron chi connectivity index (χ1n) is 6.79. The SMILES string of the molecule is CCCCCCCOC(=O)c1sc2c(Br)sc(Br)c2c1F. The van der Waals surface area contributed by atoms with Crippen molar-refractivity contribution in [2.75, 3.05) is 6.61 Å². The highest BCUT2D eigenvalue weighted by atomic mass is 79.9. The molecule has 0 unspecified atom stereocenters. The average Bonchev–Trinajstić information content (AvgIpc) is 2.93. The number of hydrogen-bond acceptors (Lipinski definition) is 4. The van der Waals surface area contributed by atoms with E-state index in [1.807, 2.05) is 0 Å². The van der Waals surface area contributed by atoms with Crippen LogP contribution in [0.4, 0.5) is 4.39 Å². The summed E-state index contributed by atoms with van der Waals surface area (Å²) in [5, 5.41) is 0.465. The maximum Gasteiger partial charge on any atom is 0.351 e. The highest BCUT2D eigenvalue weighted by molar-refractivity contribution is 9.12. The highest BCUT2D eigenvalue weighted by Gasteiger charge is 2.24. The van der Waals surface area contributed by atoms with Gasteiger partial charge >= 0.3 is 5.97 Å². The molecule has 0 aliphatic rings. The van der Waals surface area contributed by atoms with Crippen LogP contribution in [0.25, 0.3) is 10.1 Å². The monoisotopic (exact) mass is 456 g/mol. The Balaban J connectivity index is 1.97. The van der Waals surface area contributed by atoms with Gasteiger partial charge in [-0.2, -0.15) is 0 Å². The molecule has 0 N–H and O–H groups in total. The molecule has 7 heteroatoms. The largest absolute Gasteiger partial charge is 0.461 e. The molecule has 0 aliphatic carbocycles. The third-order valence-electron chi connectivity index (χ3n) is 3.07. The van der Waals surface area contributed by atoms with Gasteiger partial charge in [-0.3, -0.25) is 0 Å². The summed E-state index contributed by atoms with van der Waals surface area (Å²) in [6.07, 6.45) is 5.41. The molecule has 2 aromatic heterocycles. The summed E-state index contributed by atoms with van der Waals surface area (Å²) in [7, 11) is 0. The molecule has 0 atom stereocenters. The number of rotatable bonds is 7. The Kier molecular flexibility index (Phi) is 6.65. The number of fused-ring (bicyclic) bond motifs is 1. The molecule has 0 bridgehead atoms.